The molecule has 1 aliphatic heterocycles. The van der Waals surface area contributed by atoms with Crippen LogP contribution in [0.15, 0.2) is 0 Å². The van der Waals surface area contributed by atoms with Crippen LogP contribution in [0, 0.1) is 5.21 Å². The lowest BCUT2D eigenvalue weighted by molar-refractivity contribution is -0.291. The number of ether oxygens (including phenoxy) is 1. The van der Waals surface area contributed by atoms with Crippen LogP contribution in [-0.4, -0.2) is 89.8 Å². The molecule has 11 nitrogen and oxygen atoms in total. The number of thioether (sulfide) groups is 1. The van der Waals surface area contributed by atoms with E-state index in [1.807, 2.05) is 0 Å². The Kier molecular flexibility index (Phi) is 7.62. The average molecular weight is 405 g/mol. The third-order valence-electron chi connectivity index (χ3n) is 3.81. The van der Waals surface area contributed by atoms with E-state index in [1.165, 1.54) is 6.92 Å². The molecular weight excluding hydrogens is 382 g/mol. The first-order valence-electron chi connectivity index (χ1n) is 7.34. The Balaban J connectivity index is 3.17. The van der Waals surface area contributed by atoms with Gasteiger partial charge in [0.2, 0.25) is 5.04 Å². The van der Waals surface area contributed by atoms with Crippen molar-refractivity contribution in [1.82, 2.24) is 0 Å². The van der Waals surface area contributed by atoms with Crippen LogP contribution in [-0.2, 0) is 15.0 Å². The molecule has 0 unspecified atom stereocenters. The van der Waals surface area contributed by atoms with Crippen molar-refractivity contribution in [3.63, 3.8) is 0 Å². The van der Waals surface area contributed by atoms with Crippen LogP contribution in [0.1, 0.15) is 26.7 Å². The van der Waals surface area contributed by atoms with Crippen molar-refractivity contribution < 1.29 is 47.4 Å². The Morgan fingerprint density at radius 3 is 2.28 bits per heavy atom. The van der Waals surface area contributed by atoms with Gasteiger partial charge in [0.05, 0.1) is 18.6 Å². The maximum atomic E-state index is 11.8. The second-order valence-corrected chi connectivity index (χ2v) is 8.34. The van der Waals surface area contributed by atoms with Crippen LogP contribution >= 0.6 is 11.8 Å². The summed E-state index contributed by atoms with van der Waals surface area (Å²) in [6, 6.07) is 0. The molecule has 0 radical (unpaired) electrons. The summed E-state index contributed by atoms with van der Waals surface area (Å²) in [7, 11) is -5.18. The summed E-state index contributed by atoms with van der Waals surface area (Å²) in [6.45, 7) is 2.21. The molecule has 0 amide bonds. The van der Waals surface area contributed by atoms with E-state index >= 15 is 0 Å². The molecule has 1 heterocycles. The van der Waals surface area contributed by atoms with Crippen molar-refractivity contribution in [2.45, 2.75) is 62.1 Å². The van der Waals surface area contributed by atoms with Gasteiger partial charge in [0, 0.05) is 0 Å². The number of hydrogen-bond acceptors (Lipinski definition) is 10. The minimum atomic E-state index is -5.18. The molecular formula is C12H23NO10S2. The highest BCUT2D eigenvalue weighted by molar-refractivity contribution is 8.14. The Hall–Kier alpha value is -0.510. The van der Waals surface area contributed by atoms with Crippen molar-refractivity contribution >= 4 is 27.1 Å². The normalized spacial score (nSPS) is 34.3. The Morgan fingerprint density at radius 1 is 1.28 bits per heavy atom. The number of nitrogens with zero attached hydrogens (tertiary/aromatic N) is 1. The molecule has 0 aromatic rings. The second kappa shape index (κ2) is 8.45. The molecule has 13 heteroatoms. The second-order valence-electron chi connectivity index (χ2n) is 5.94. The summed E-state index contributed by atoms with van der Waals surface area (Å²) in [5, 5.41) is 59.9. The zero-order valence-electron chi connectivity index (χ0n) is 13.6. The molecule has 0 bridgehead atoms. The van der Waals surface area contributed by atoms with Crippen LogP contribution in [0.3, 0.4) is 0 Å². The minimum absolute atomic E-state index is 0.144. The van der Waals surface area contributed by atoms with E-state index in [4.69, 9.17) is 14.4 Å². The zero-order chi connectivity index (χ0) is 19.6. The van der Waals surface area contributed by atoms with Crippen LogP contribution in [0.2, 0.25) is 0 Å². The van der Waals surface area contributed by atoms with Gasteiger partial charge >= 0.3 is 10.3 Å². The third-order valence-corrected chi connectivity index (χ3v) is 5.77. The maximum absolute atomic E-state index is 11.8. The topological polar surface area (TPSA) is 191 Å². The van der Waals surface area contributed by atoms with Crippen molar-refractivity contribution in [2.24, 2.45) is 0 Å². The standard InChI is InChI=1S/C12H23NO10S2/c1-3-12(2,18)4-7(13(19)25(20,21)22)24-11-10(17)9(16)8(15)6(5-14)23-11/h6,8-11,14-18H,3-5H2,1-2H3,(H,20,21,22)/b13-7+/t6-,8-,9+,10-,11+,12+/m1/s1. The largest absolute Gasteiger partial charge is 0.605 e. The predicted molar refractivity (Wildman–Crippen MR) is 87.1 cm³/mol. The summed E-state index contributed by atoms with van der Waals surface area (Å²) < 4.78 is 35.7. The maximum Gasteiger partial charge on any atom is 0.518 e. The van der Waals surface area contributed by atoms with E-state index in [0.717, 1.165) is 0 Å². The van der Waals surface area contributed by atoms with Gasteiger partial charge in [0.1, 0.15) is 29.9 Å². The lowest BCUT2D eigenvalue weighted by Gasteiger charge is -2.39. The van der Waals surface area contributed by atoms with Crippen molar-refractivity contribution in [3.8, 4) is 0 Å². The molecule has 6 atom stereocenters. The molecule has 0 saturated carbocycles. The van der Waals surface area contributed by atoms with Crippen LogP contribution in [0.5, 0.6) is 0 Å². The molecule has 0 aliphatic carbocycles. The van der Waals surface area contributed by atoms with Gasteiger partial charge in [0.25, 0.3) is 0 Å². The van der Waals surface area contributed by atoms with Gasteiger partial charge < -0.3 is 35.5 Å². The van der Waals surface area contributed by atoms with Gasteiger partial charge in [-0.2, -0.15) is 0 Å². The lowest BCUT2D eigenvalue weighted by Crippen LogP contribution is -2.57. The highest BCUT2D eigenvalue weighted by Gasteiger charge is 2.46. The van der Waals surface area contributed by atoms with Gasteiger partial charge in [0.15, 0.2) is 0 Å². The van der Waals surface area contributed by atoms with Crippen LogP contribution in [0.4, 0.5) is 0 Å². The Bertz CT molecular complexity index is 591. The highest BCUT2D eigenvalue weighted by atomic mass is 32.2. The summed E-state index contributed by atoms with van der Waals surface area (Å²) in [4.78, 5) is 0. The Labute approximate surface area is 149 Å². The van der Waals surface area contributed by atoms with Crippen LogP contribution in [0.25, 0.3) is 0 Å². The SMILES string of the molecule is CC[C@](C)(O)C/C(S[C@@H]1O[C@H](CO)[C@@H](O)[C@H](O)[C@H]1O)=[N+](/[O-])S(=O)(=O)O. The third kappa shape index (κ3) is 5.74. The molecule has 0 aromatic heterocycles. The van der Waals surface area contributed by atoms with Gasteiger partial charge in [-0.15, -0.1) is 8.42 Å². The number of aliphatic hydroxyl groups excluding tert-OH is 4. The van der Waals surface area contributed by atoms with Crippen molar-refractivity contribution in [2.75, 3.05) is 6.61 Å². The molecule has 0 spiro atoms. The quantitative estimate of drug-likeness (QED) is 0.0700. The molecule has 25 heavy (non-hydrogen) atoms. The fourth-order valence-corrected chi connectivity index (χ4v) is 4.01. The lowest BCUT2D eigenvalue weighted by atomic mass is 10.0. The fraction of sp³-hybridized carbons (Fsp3) is 0.917. The number of rotatable bonds is 6. The molecule has 148 valence electrons. The molecule has 0 aromatic carbocycles. The summed E-state index contributed by atoms with van der Waals surface area (Å²) in [5.41, 5.74) is -2.93. The van der Waals surface area contributed by atoms with Gasteiger partial charge in [-0.1, -0.05) is 11.1 Å². The zero-order valence-corrected chi connectivity index (χ0v) is 15.2. The monoisotopic (exact) mass is 405 g/mol. The predicted octanol–water partition coefficient (Wildman–Crippen LogP) is -2.22. The Morgan fingerprint density at radius 2 is 1.84 bits per heavy atom. The molecule has 6 N–H and O–H groups in total. The first kappa shape index (κ1) is 22.5. The van der Waals surface area contributed by atoms with Gasteiger partial charge in [-0.3, -0.25) is 0 Å². The summed E-state index contributed by atoms with van der Waals surface area (Å²) in [6.07, 6.45) is -6.67. The minimum Gasteiger partial charge on any atom is -0.605 e. The van der Waals surface area contributed by atoms with E-state index < -0.39 is 68.0 Å². The molecule has 1 saturated heterocycles. The fourth-order valence-electron chi connectivity index (χ4n) is 2.03. The summed E-state index contributed by atoms with van der Waals surface area (Å²) in [5.74, 6) is 0. The average Bonchev–Trinajstić information content (AvgIpc) is 2.52. The van der Waals surface area contributed by atoms with Gasteiger partial charge in [-0.25, -0.2) is 4.55 Å². The summed E-state index contributed by atoms with van der Waals surface area (Å²) >= 11 is 0.352. The molecule has 1 rings (SSSR count). The van der Waals surface area contributed by atoms with Crippen molar-refractivity contribution in [1.29, 1.82) is 0 Å². The highest BCUT2D eigenvalue weighted by Crippen LogP contribution is 2.32. The number of aliphatic hydroxyl groups is 5. The first-order chi connectivity index (χ1) is 11.3. The number of hydrogen-bond donors (Lipinski definition) is 6. The van der Waals surface area contributed by atoms with Gasteiger partial charge in [-0.05, 0) is 25.1 Å². The smallest absolute Gasteiger partial charge is 0.518 e. The molecule has 1 aliphatic rings. The van der Waals surface area contributed by atoms with Crippen molar-refractivity contribution in [3.05, 3.63) is 5.21 Å². The van der Waals surface area contributed by atoms with E-state index in [-0.39, 0.29) is 6.42 Å². The van der Waals surface area contributed by atoms with E-state index in [2.05, 4.69) is 0 Å². The van der Waals surface area contributed by atoms with E-state index in [0.29, 0.717) is 11.8 Å². The molecule has 1 fully saturated rings. The first-order valence-corrected chi connectivity index (χ1v) is 9.62. The van der Waals surface area contributed by atoms with Crippen LogP contribution < -0.4 is 0 Å². The van der Waals surface area contributed by atoms with E-state index in [1.54, 1.807) is 6.92 Å². The van der Waals surface area contributed by atoms with E-state index in [9.17, 15) is 34.1 Å².